The van der Waals surface area contributed by atoms with Gasteiger partial charge in [0.15, 0.2) is 0 Å². The molecule has 0 saturated heterocycles. The van der Waals surface area contributed by atoms with Crippen molar-refractivity contribution in [3.8, 4) is 11.1 Å². The third kappa shape index (κ3) is 5.83. The van der Waals surface area contributed by atoms with E-state index in [1.54, 1.807) is 12.1 Å². The molecule has 5 heteroatoms. The molecule has 4 rings (SSSR count). The fourth-order valence-electron chi connectivity index (χ4n) is 6.37. The van der Waals surface area contributed by atoms with Gasteiger partial charge < -0.3 is 0 Å². The molecule has 0 nitrogen and oxygen atoms in total. The first kappa shape index (κ1) is 25.2. The molecule has 2 aromatic rings. The molecule has 2 aliphatic rings. The Labute approximate surface area is 200 Å². The van der Waals surface area contributed by atoms with Crippen LogP contribution in [0.1, 0.15) is 94.6 Å². The summed E-state index contributed by atoms with van der Waals surface area (Å²) in [6.45, 7) is 2.26. The van der Waals surface area contributed by atoms with Crippen LogP contribution in [0.25, 0.3) is 11.1 Å². The summed E-state index contributed by atoms with van der Waals surface area (Å²) in [6, 6.07) is 9.05. The molecule has 4 atom stereocenters. The lowest BCUT2D eigenvalue weighted by atomic mass is 9.63. The summed E-state index contributed by atoms with van der Waals surface area (Å²) in [5.41, 5.74) is 0.0279. The van der Waals surface area contributed by atoms with Crippen LogP contribution < -0.4 is 0 Å². The third-order valence-electron chi connectivity index (χ3n) is 8.23. The molecule has 0 N–H and O–H groups in total. The van der Waals surface area contributed by atoms with Crippen molar-refractivity contribution >= 4 is 0 Å². The average molecular weight is 479 g/mol. The molecule has 2 saturated carbocycles. The minimum Gasteiger partial charge on any atom is -0.206 e. The van der Waals surface area contributed by atoms with Crippen LogP contribution >= 0.6 is 0 Å². The first-order valence-electron chi connectivity index (χ1n) is 12.9. The third-order valence-corrected chi connectivity index (χ3v) is 8.23. The van der Waals surface area contributed by atoms with Gasteiger partial charge in [0.1, 0.15) is 17.2 Å². The Morgan fingerprint density at radius 2 is 1.41 bits per heavy atom. The predicted molar refractivity (Wildman–Crippen MR) is 126 cm³/mol. The van der Waals surface area contributed by atoms with Gasteiger partial charge in [-0.25, -0.2) is 8.78 Å². The molecule has 2 aromatic carbocycles. The summed E-state index contributed by atoms with van der Waals surface area (Å²) in [6.07, 6.45) is 9.38. The molecule has 186 valence electrons. The zero-order valence-electron chi connectivity index (χ0n) is 19.9. The van der Waals surface area contributed by atoms with E-state index in [1.807, 2.05) is 12.1 Å². The smallest absolute Gasteiger partial charge is 0.206 e. The van der Waals surface area contributed by atoms with E-state index in [0.29, 0.717) is 11.5 Å². The number of alkyl halides is 3. The number of fused-ring (bicyclic) bond motifs is 1. The van der Waals surface area contributed by atoms with Crippen molar-refractivity contribution in [1.82, 2.24) is 0 Å². The Hall–Kier alpha value is -1.91. The van der Waals surface area contributed by atoms with E-state index < -0.39 is 23.4 Å². The number of benzene rings is 2. The van der Waals surface area contributed by atoms with Crippen LogP contribution in [0.2, 0.25) is 0 Å². The molecule has 0 aliphatic heterocycles. The molecular formula is C29H35F5. The van der Waals surface area contributed by atoms with Gasteiger partial charge in [-0.05, 0) is 84.6 Å². The maximum absolute atomic E-state index is 14.0. The Balaban J connectivity index is 1.37. The van der Waals surface area contributed by atoms with Crippen LogP contribution in [-0.4, -0.2) is 0 Å². The lowest BCUT2D eigenvalue weighted by Gasteiger charge is -2.42. The second-order valence-electron chi connectivity index (χ2n) is 10.5. The highest BCUT2D eigenvalue weighted by Gasteiger charge is 2.38. The molecule has 2 fully saturated rings. The van der Waals surface area contributed by atoms with Gasteiger partial charge in [0.05, 0.1) is 0 Å². The van der Waals surface area contributed by atoms with Crippen LogP contribution in [0.3, 0.4) is 0 Å². The van der Waals surface area contributed by atoms with Crippen molar-refractivity contribution in [2.75, 3.05) is 0 Å². The fourth-order valence-corrected chi connectivity index (χ4v) is 6.37. The molecule has 0 bridgehead atoms. The van der Waals surface area contributed by atoms with Crippen molar-refractivity contribution in [2.24, 2.45) is 17.8 Å². The second kappa shape index (κ2) is 10.8. The highest BCUT2D eigenvalue weighted by atomic mass is 19.4. The number of rotatable bonds is 7. The van der Waals surface area contributed by atoms with E-state index in [4.69, 9.17) is 0 Å². The van der Waals surface area contributed by atoms with Gasteiger partial charge >= 0.3 is 6.18 Å². The van der Waals surface area contributed by atoms with Crippen molar-refractivity contribution in [1.29, 1.82) is 0 Å². The van der Waals surface area contributed by atoms with Gasteiger partial charge in [-0.15, -0.1) is 0 Å². The van der Waals surface area contributed by atoms with Crippen molar-refractivity contribution < 1.29 is 22.0 Å². The van der Waals surface area contributed by atoms with Gasteiger partial charge in [-0.3, -0.25) is 0 Å². The van der Waals surface area contributed by atoms with Crippen molar-refractivity contribution in [2.45, 2.75) is 89.6 Å². The zero-order chi connectivity index (χ0) is 24.3. The van der Waals surface area contributed by atoms with Gasteiger partial charge in [-0.1, -0.05) is 69.7 Å². The monoisotopic (exact) mass is 478 g/mol. The summed E-state index contributed by atoms with van der Waals surface area (Å²) in [5, 5.41) is 0. The first-order valence-corrected chi connectivity index (χ1v) is 12.9. The van der Waals surface area contributed by atoms with E-state index in [2.05, 4.69) is 6.92 Å². The van der Waals surface area contributed by atoms with Gasteiger partial charge in [0.25, 0.3) is 0 Å². The summed E-state index contributed by atoms with van der Waals surface area (Å²) < 4.78 is 66.5. The molecule has 0 amide bonds. The van der Waals surface area contributed by atoms with E-state index in [1.165, 1.54) is 69.8 Å². The molecular weight excluding hydrogens is 443 g/mol. The van der Waals surface area contributed by atoms with Gasteiger partial charge in [-0.2, -0.15) is 13.2 Å². The van der Waals surface area contributed by atoms with Crippen molar-refractivity contribution in [3.05, 3.63) is 59.2 Å². The Morgan fingerprint density at radius 3 is 2.06 bits per heavy atom. The predicted octanol–water partition coefficient (Wildman–Crippen LogP) is 9.92. The number of hydrogen-bond acceptors (Lipinski definition) is 0. The van der Waals surface area contributed by atoms with Crippen LogP contribution in [-0.2, 0) is 6.18 Å². The molecule has 0 heterocycles. The molecule has 2 aliphatic carbocycles. The Kier molecular flexibility index (Phi) is 7.99. The quantitative estimate of drug-likeness (QED) is 0.274. The fraction of sp³-hybridized carbons (Fsp3) is 0.586. The standard InChI is InChI=1S/C29H35F5/c1-2-3-4-5-6-19-7-8-24-16-23(14-13-22(24)15-19)20-9-11-21(12-10-20)25-17-26(30)28(27(31)18-25)29(32,33)34/h9-12,17-19,22-24H,2-8,13-16H2,1H3. The van der Waals surface area contributed by atoms with Gasteiger partial charge in [0, 0.05) is 0 Å². The lowest BCUT2D eigenvalue weighted by molar-refractivity contribution is -0.142. The summed E-state index contributed by atoms with van der Waals surface area (Å²) in [7, 11) is 0. The molecule has 34 heavy (non-hydrogen) atoms. The number of unbranched alkanes of at least 4 members (excludes halogenated alkanes) is 3. The second-order valence-corrected chi connectivity index (χ2v) is 10.5. The average Bonchev–Trinajstić information content (AvgIpc) is 2.80. The Bertz CT molecular complexity index is 923. The van der Waals surface area contributed by atoms with Crippen molar-refractivity contribution in [3.63, 3.8) is 0 Å². The molecule has 0 spiro atoms. The minimum atomic E-state index is -5.05. The molecule has 0 aromatic heterocycles. The SMILES string of the molecule is CCCCCCC1CCC2CC(c3ccc(-c4cc(F)c(C(F)(F)F)c(F)c4)cc3)CCC2C1. The number of hydrogen-bond donors (Lipinski definition) is 0. The van der Waals surface area contributed by atoms with E-state index in [-0.39, 0.29) is 5.56 Å². The largest absolute Gasteiger partial charge is 0.422 e. The summed E-state index contributed by atoms with van der Waals surface area (Å²) in [4.78, 5) is 0. The van der Waals surface area contributed by atoms with Crippen LogP contribution in [0.4, 0.5) is 22.0 Å². The summed E-state index contributed by atoms with van der Waals surface area (Å²) in [5.74, 6) is -0.144. The zero-order valence-corrected chi connectivity index (χ0v) is 19.9. The highest BCUT2D eigenvalue weighted by Crippen LogP contribution is 2.48. The highest BCUT2D eigenvalue weighted by molar-refractivity contribution is 5.64. The molecule has 0 radical (unpaired) electrons. The normalized spacial score (nSPS) is 25.2. The van der Waals surface area contributed by atoms with Crippen LogP contribution in [0, 0.1) is 29.4 Å². The van der Waals surface area contributed by atoms with E-state index in [0.717, 1.165) is 36.3 Å². The molecule has 4 unspecified atom stereocenters. The maximum Gasteiger partial charge on any atom is 0.422 e. The van der Waals surface area contributed by atoms with E-state index >= 15 is 0 Å². The van der Waals surface area contributed by atoms with Gasteiger partial charge in [0.2, 0.25) is 0 Å². The van der Waals surface area contributed by atoms with E-state index in [9.17, 15) is 22.0 Å². The lowest BCUT2D eigenvalue weighted by Crippen LogP contribution is -2.30. The topological polar surface area (TPSA) is 0 Å². The van der Waals surface area contributed by atoms with Crippen LogP contribution in [0.15, 0.2) is 36.4 Å². The first-order chi connectivity index (χ1) is 16.3. The van der Waals surface area contributed by atoms with Crippen LogP contribution in [0.5, 0.6) is 0 Å². The maximum atomic E-state index is 14.0. The summed E-state index contributed by atoms with van der Waals surface area (Å²) >= 11 is 0. The Morgan fingerprint density at radius 1 is 0.765 bits per heavy atom. The number of halogens is 5. The minimum absolute atomic E-state index is 0.121.